The van der Waals surface area contributed by atoms with Crippen LogP contribution < -0.4 is 5.73 Å². The van der Waals surface area contributed by atoms with Crippen molar-refractivity contribution < 1.29 is 0 Å². The van der Waals surface area contributed by atoms with E-state index in [9.17, 15) is 0 Å². The summed E-state index contributed by atoms with van der Waals surface area (Å²) in [7, 11) is 0. The lowest BCUT2D eigenvalue weighted by Crippen LogP contribution is -2.28. The van der Waals surface area contributed by atoms with Gasteiger partial charge in [0.1, 0.15) is 0 Å². The van der Waals surface area contributed by atoms with Crippen molar-refractivity contribution in [3.63, 3.8) is 0 Å². The highest BCUT2D eigenvalue weighted by molar-refractivity contribution is 5.80. The quantitative estimate of drug-likeness (QED) is 0.541. The zero-order valence-corrected chi connectivity index (χ0v) is 8.45. The number of aryl methyl sites for hydroxylation is 1. The Labute approximate surface area is 83.6 Å². The molecule has 4 heteroatoms. The lowest BCUT2D eigenvalue weighted by molar-refractivity contribution is 0.533. The zero-order chi connectivity index (χ0) is 10.1. The summed E-state index contributed by atoms with van der Waals surface area (Å²) in [5.74, 6) is 0.553. The molecule has 1 aliphatic rings. The summed E-state index contributed by atoms with van der Waals surface area (Å²) in [5, 5.41) is 11.7. The van der Waals surface area contributed by atoms with Gasteiger partial charge in [-0.1, -0.05) is 0 Å². The molecule has 1 aliphatic carbocycles. The van der Waals surface area contributed by atoms with Gasteiger partial charge >= 0.3 is 0 Å². The second kappa shape index (κ2) is 3.44. The SMILES string of the molecule is CCn1ncc2c1CC[C@@H](C(=N)N)C2. The Morgan fingerprint density at radius 3 is 3.21 bits per heavy atom. The minimum absolute atomic E-state index is 0.233. The van der Waals surface area contributed by atoms with E-state index >= 15 is 0 Å². The van der Waals surface area contributed by atoms with Crippen molar-refractivity contribution >= 4 is 5.84 Å². The first-order chi connectivity index (χ1) is 6.72. The van der Waals surface area contributed by atoms with E-state index in [0.29, 0.717) is 5.84 Å². The van der Waals surface area contributed by atoms with Crippen molar-refractivity contribution in [2.75, 3.05) is 0 Å². The number of hydrogen-bond donors (Lipinski definition) is 2. The molecule has 0 bridgehead atoms. The number of nitrogens with one attached hydrogen (secondary N) is 1. The van der Waals surface area contributed by atoms with Crippen LogP contribution in [0.5, 0.6) is 0 Å². The summed E-state index contributed by atoms with van der Waals surface area (Å²) in [5.41, 5.74) is 8.13. The number of nitrogens with zero attached hydrogens (tertiary/aromatic N) is 2. The molecule has 0 saturated heterocycles. The average molecular weight is 192 g/mol. The molecule has 0 spiro atoms. The maximum absolute atomic E-state index is 7.43. The average Bonchev–Trinajstić information content (AvgIpc) is 2.59. The smallest absolute Gasteiger partial charge is 0.0940 e. The number of hydrogen-bond acceptors (Lipinski definition) is 2. The van der Waals surface area contributed by atoms with E-state index in [0.717, 1.165) is 25.8 Å². The van der Waals surface area contributed by atoms with Gasteiger partial charge in [0.05, 0.1) is 12.0 Å². The molecule has 4 nitrogen and oxygen atoms in total. The van der Waals surface area contributed by atoms with E-state index in [2.05, 4.69) is 12.0 Å². The van der Waals surface area contributed by atoms with Gasteiger partial charge in [0.15, 0.2) is 0 Å². The van der Waals surface area contributed by atoms with Crippen LogP contribution in [0.25, 0.3) is 0 Å². The summed E-state index contributed by atoms with van der Waals surface area (Å²) < 4.78 is 2.05. The van der Waals surface area contributed by atoms with E-state index in [-0.39, 0.29) is 5.92 Å². The molecule has 3 N–H and O–H groups in total. The molecule has 0 saturated carbocycles. The minimum Gasteiger partial charge on any atom is -0.387 e. The molecule has 0 aromatic carbocycles. The van der Waals surface area contributed by atoms with E-state index in [1.807, 2.05) is 10.9 Å². The second-order valence-electron chi connectivity index (χ2n) is 3.83. The van der Waals surface area contributed by atoms with Gasteiger partial charge in [-0.3, -0.25) is 10.1 Å². The van der Waals surface area contributed by atoms with Crippen LogP contribution >= 0.6 is 0 Å². The topological polar surface area (TPSA) is 67.7 Å². The summed E-state index contributed by atoms with van der Waals surface area (Å²) in [6.45, 7) is 3.03. The molecule has 2 rings (SSSR count). The fourth-order valence-corrected chi connectivity index (χ4v) is 2.13. The minimum atomic E-state index is 0.233. The van der Waals surface area contributed by atoms with Crippen LogP contribution in [0.4, 0.5) is 0 Å². The van der Waals surface area contributed by atoms with E-state index in [1.54, 1.807) is 0 Å². The fourth-order valence-electron chi connectivity index (χ4n) is 2.13. The highest BCUT2D eigenvalue weighted by Gasteiger charge is 2.23. The largest absolute Gasteiger partial charge is 0.387 e. The number of fused-ring (bicyclic) bond motifs is 1. The lowest BCUT2D eigenvalue weighted by atomic mass is 9.87. The molecule has 0 amide bonds. The van der Waals surface area contributed by atoms with Gasteiger partial charge in [0.2, 0.25) is 0 Å². The van der Waals surface area contributed by atoms with Crippen molar-refractivity contribution in [1.29, 1.82) is 5.41 Å². The summed E-state index contributed by atoms with van der Waals surface area (Å²) in [6, 6.07) is 0. The van der Waals surface area contributed by atoms with E-state index in [4.69, 9.17) is 11.1 Å². The maximum Gasteiger partial charge on any atom is 0.0940 e. The standard InChI is InChI=1S/C10H16N4/c1-2-14-9-4-3-7(10(11)12)5-8(9)6-13-14/h6-7H,2-5H2,1H3,(H3,11,12)/t7-/m1/s1. The predicted octanol–water partition coefficient (Wildman–Crippen LogP) is 0.944. The van der Waals surface area contributed by atoms with Crippen molar-refractivity contribution in [1.82, 2.24) is 9.78 Å². The molecular weight excluding hydrogens is 176 g/mol. The van der Waals surface area contributed by atoms with Crippen molar-refractivity contribution in [2.24, 2.45) is 11.7 Å². The Kier molecular flexibility index (Phi) is 2.27. The zero-order valence-electron chi connectivity index (χ0n) is 8.45. The molecule has 1 aromatic heterocycles. The Hall–Kier alpha value is -1.32. The molecule has 1 heterocycles. The Balaban J connectivity index is 2.24. The summed E-state index contributed by atoms with van der Waals surface area (Å²) in [6.07, 6.45) is 4.82. The number of nitrogens with two attached hydrogens (primary N) is 1. The van der Waals surface area contributed by atoms with Crippen molar-refractivity contribution in [3.8, 4) is 0 Å². The Bertz CT molecular complexity index is 353. The Morgan fingerprint density at radius 2 is 2.57 bits per heavy atom. The number of amidine groups is 1. The lowest BCUT2D eigenvalue weighted by Gasteiger charge is -2.21. The van der Waals surface area contributed by atoms with Gasteiger partial charge in [0.25, 0.3) is 0 Å². The first kappa shape index (κ1) is 9.24. The molecule has 1 aromatic rings. The van der Waals surface area contributed by atoms with Gasteiger partial charge in [-0.05, 0) is 31.7 Å². The first-order valence-electron chi connectivity index (χ1n) is 5.09. The van der Waals surface area contributed by atoms with Crippen molar-refractivity contribution in [3.05, 3.63) is 17.5 Å². The van der Waals surface area contributed by atoms with E-state index in [1.165, 1.54) is 11.3 Å². The molecule has 1 atom stereocenters. The normalized spacial score (nSPS) is 20.5. The van der Waals surface area contributed by atoms with Crippen LogP contribution in [0, 0.1) is 11.3 Å². The van der Waals surface area contributed by atoms with Gasteiger partial charge in [-0.15, -0.1) is 0 Å². The predicted molar refractivity (Wildman–Crippen MR) is 55.3 cm³/mol. The summed E-state index contributed by atoms with van der Waals surface area (Å²) >= 11 is 0. The third-order valence-corrected chi connectivity index (χ3v) is 2.97. The maximum atomic E-state index is 7.43. The molecule has 0 fully saturated rings. The third-order valence-electron chi connectivity index (χ3n) is 2.97. The molecule has 14 heavy (non-hydrogen) atoms. The highest BCUT2D eigenvalue weighted by atomic mass is 15.3. The van der Waals surface area contributed by atoms with Crippen LogP contribution in [0.1, 0.15) is 24.6 Å². The first-order valence-corrected chi connectivity index (χ1v) is 5.09. The van der Waals surface area contributed by atoms with Gasteiger partial charge < -0.3 is 5.73 Å². The molecule has 0 radical (unpaired) electrons. The Morgan fingerprint density at radius 1 is 1.79 bits per heavy atom. The van der Waals surface area contributed by atoms with Gasteiger partial charge in [-0.2, -0.15) is 5.10 Å². The van der Waals surface area contributed by atoms with Crippen LogP contribution in [0.15, 0.2) is 6.20 Å². The number of aromatic nitrogens is 2. The number of rotatable bonds is 2. The van der Waals surface area contributed by atoms with Crippen LogP contribution in [0.2, 0.25) is 0 Å². The molecule has 0 aliphatic heterocycles. The molecular formula is C10H16N4. The monoisotopic (exact) mass is 192 g/mol. The van der Waals surface area contributed by atoms with Crippen LogP contribution in [0.3, 0.4) is 0 Å². The highest BCUT2D eigenvalue weighted by Crippen LogP contribution is 2.25. The van der Waals surface area contributed by atoms with Crippen LogP contribution in [-0.2, 0) is 19.4 Å². The van der Waals surface area contributed by atoms with E-state index < -0.39 is 0 Å². The fraction of sp³-hybridized carbons (Fsp3) is 0.600. The van der Waals surface area contributed by atoms with Crippen LogP contribution in [-0.4, -0.2) is 15.6 Å². The second-order valence-corrected chi connectivity index (χ2v) is 3.83. The molecule has 0 unspecified atom stereocenters. The third kappa shape index (κ3) is 1.41. The summed E-state index contributed by atoms with van der Waals surface area (Å²) in [4.78, 5) is 0. The van der Waals surface area contributed by atoms with Gasteiger partial charge in [-0.25, -0.2) is 0 Å². The van der Waals surface area contributed by atoms with Crippen molar-refractivity contribution in [2.45, 2.75) is 32.7 Å². The molecule has 76 valence electrons. The van der Waals surface area contributed by atoms with Gasteiger partial charge in [0, 0.05) is 18.2 Å².